The predicted molar refractivity (Wildman–Crippen MR) is 60.1 cm³/mol. The van der Waals surface area contributed by atoms with Crippen molar-refractivity contribution in [3.8, 4) is 0 Å². The zero-order valence-corrected chi connectivity index (χ0v) is 9.63. The predicted octanol–water partition coefficient (Wildman–Crippen LogP) is 2.42. The second kappa shape index (κ2) is 4.70. The monoisotopic (exact) mass is 244 g/mol. The Hall–Kier alpha value is -0.640. The number of hydrogen-bond acceptors (Lipinski definition) is 2. The molecule has 1 aliphatic rings. The zero-order valence-electron chi connectivity index (χ0n) is 8.88. The van der Waals surface area contributed by atoms with Gasteiger partial charge in [0.2, 0.25) is 0 Å². The van der Waals surface area contributed by atoms with Crippen molar-refractivity contribution in [3.05, 3.63) is 34.6 Å². The normalized spacial score (nSPS) is 24.9. The molecule has 1 aliphatic heterocycles. The minimum atomic E-state index is -0.325. The highest BCUT2D eigenvalue weighted by Crippen LogP contribution is 2.33. The molecule has 1 heterocycles. The van der Waals surface area contributed by atoms with Gasteiger partial charge in [-0.3, -0.25) is 0 Å². The van der Waals surface area contributed by atoms with E-state index in [2.05, 4.69) is 0 Å². The van der Waals surface area contributed by atoms with Crippen LogP contribution in [0.2, 0.25) is 5.02 Å². The highest BCUT2D eigenvalue weighted by Gasteiger charge is 2.35. The summed E-state index contributed by atoms with van der Waals surface area (Å²) in [5.41, 5.74) is 0.262. The summed E-state index contributed by atoms with van der Waals surface area (Å²) in [5, 5.41) is 9.79. The molecule has 0 spiro atoms. The molecule has 1 N–H and O–H groups in total. The molecule has 88 valence electrons. The van der Waals surface area contributed by atoms with Crippen molar-refractivity contribution in [1.82, 2.24) is 0 Å². The summed E-state index contributed by atoms with van der Waals surface area (Å²) in [6.07, 6.45) is 1.26. The van der Waals surface area contributed by atoms with Crippen molar-refractivity contribution in [2.45, 2.75) is 12.8 Å². The van der Waals surface area contributed by atoms with Gasteiger partial charge in [-0.2, -0.15) is 0 Å². The highest BCUT2D eigenvalue weighted by atomic mass is 35.5. The minimum Gasteiger partial charge on any atom is -0.396 e. The first-order valence-corrected chi connectivity index (χ1v) is 5.66. The maximum atomic E-state index is 13.6. The average molecular weight is 245 g/mol. The molecule has 0 bridgehead atoms. The van der Waals surface area contributed by atoms with Gasteiger partial charge in [0, 0.05) is 17.0 Å². The first-order chi connectivity index (χ1) is 7.65. The Balaban J connectivity index is 2.19. The largest absolute Gasteiger partial charge is 0.396 e. The Morgan fingerprint density at radius 3 is 2.88 bits per heavy atom. The summed E-state index contributed by atoms with van der Waals surface area (Å²) in [7, 11) is 0. The lowest BCUT2D eigenvalue weighted by Gasteiger charge is -2.24. The van der Waals surface area contributed by atoms with Crippen LogP contribution in [0, 0.1) is 11.2 Å². The topological polar surface area (TPSA) is 29.5 Å². The number of benzene rings is 1. The molecule has 4 heteroatoms. The molecule has 0 aromatic heterocycles. The number of halogens is 2. The summed E-state index contributed by atoms with van der Waals surface area (Å²) in [6.45, 7) is 1.15. The van der Waals surface area contributed by atoms with E-state index in [1.165, 1.54) is 6.07 Å². The number of ether oxygens (including phenoxy) is 1. The van der Waals surface area contributed by atoms with Gasteiger partial charge >= 0.3 is 0 Å². The van der Waals surface area contributed by atoms with Crippen LogP contribution >= 0.6 is 11.6 Å². The van der Waals surface area contributed by atoms with Crippen LogP contribution in [-0.2, 0) is 11.2 Å². The van der Waals surface area contributed by atoms with E-state index in [1.807, 2.05) is 0 Å². The van der Waals surface area contributed by atoms with Gasteiger partial charge in [0.25, 0.3) is 0 Å². The van der Waals surface area contributed by atoms with E-state index in [-0.39, 0.29) is 17.8 Å². The summed E-state index contributed by atoms with van der Waals surface area (Å²) in [6, 6.07) is 4.64. The Morgan fingerprint density at radius 2 is 2.31 bits per heavy atom. The van der Waals surface area contributed by atoms with Gasteiger partial charge in [0.05, 0.1) is 13.2 Å². The van der Waals surface area contributed by atoms with Crippen molar-refractivity contribution in [2.24, 2.45) is 5.41 Å². The molecule has 1 unspecified atom stereocenters. The third kappa shape index (κ3) is 2.37. The van der Waals surface area contributed by atoms with Crippen LogP contribution < -0.4 is 0 Å². The minimum absolute atomic E-state index is 0.0229. The molecule has 2 nitrogen and oxygen atoms in total. The molecule has 0 saturated carbocycles. The van der Waals surface area contributed by atoms with Crippen molar-refractivity contribution >= 4 is 11.6 Å². The smallest absolute Gasteiger partial charge is 0.127 e. The molecular weight excluding hydrogens is 231 g/mol. The Labute approximate surface area is 99.0 Å². The third-order valence-corrected chi connectivity index (χ3v) is 3.34. The van der Waals surface area contributed by atoms with Crippen molar-refractivity contribution in [1.29, 1.82) is 0 Å². The molecule has 0 amide bonds. The van der Waals surface area contributed by atoms with Crippen LogP contribution in [0.15, 0.2) is 18.2 Å². The molecule has 16 heavy (non-hydrogen) atoms. The molecule has 1 aromatic rings. The maximum absolute atomic E-state index is 13.6. The fraction of sp³-hybridized carbons (Fsp3) is 0.500. The fourth-order valence-electron chi connectivity index (χ4n) is 2.04. The first kappa shape index (κ1) is 11.8. The van der Waals surface area contributed by atoms with Gasteiger partial charge in [-0.05, 0) is 30.5 Å². The van der Waals surface area contributed by atoms with E-state index in [1.54, 1.807) is 12.1 Å². The van der Waals surface area contributed by atoms with E-state index in [0.29, 0.717) is 30.2 Å². The molecule has 0 aliphatic carbocycles. The lowest BCUT2D eigenvalue weighted by atomic mass is 9.82. The second-order valence-corrected chi connectivity index (χ2v) is 4.81. The van der Waals surface area contributed by atoms with Crippen molar-refractivity contribution < 1.29 is 14.2 Å². The van der Waals surface area contributed by atoms with Crippen LogP contribution in [0.1, 0.15) is 12.0 Å². The van der Waals surface area contributed by atoms with Crippen LogP contribution in [0.4, 0.5) is 4.39 Å². The highest BCUT2D eigenvalue weighted by molar-refractivity contribution is 6.30. The molecule has 1 fully saturated rings. The Morgan fingerprint density at radius 1 is 1.50 bits per heavy atom. The van der Waals surface area contributed by atoms with E-state index in [9.17, 15) is 9.50 Å². The summed E-state index contributed by atoms with van der Waals surface area (Å²) >= 11 is 5.69. The third-order valence-electron chi connectivity index (χ3n) is 3.10. The van der Waals surface area contributed by atoms with Gasteiger partial charge in [0.15, 0.2) is 0 Å². The molecule has 0 radical (unpaired) electrons. The van der Waals surface area contributed by atoms with E-state index in [4.69, 9.17) is 16.3 Å². The van der Waals surface area contributed by atoms with Gasteiger partial charge in [-0.1, -0.05) is 17.7 Å². The number of hydrogen-bond donors (Lipinski definition) is 1. The van der Waals surface area contributed by atoms with Gasteiger partial charge in [-0.25, -0.2) is 4.39 Å². The molecule has 1 aromatic carbocycles. The van der Waals surface area contributed by atoms with Gasteiger partial charge < -0.3 is 9.84 Å². The number of aliphatic hydroxyl groups is 1. The summed E-state index contributed by atoms with van der Waals surface area (Å²) in [4.78, 5) is 0. The first-order valence-electron chi connectivity index (χ1n) is 5.28. The standard InChI is InChI=1S/C12H14ClFO2/c13-10-2-1-9(11(14)5-10)6-12(7-15)3-4-16-8-12/h1-2,5,15H,3-4,6-8H2. The quantitative estimate of drug-likeness (QED) is 0.885. The van der Waals surface area contributed by atoms with E-state index >= 15 is 0 Å². The van der Waals surface area contributed by atoms with Gasteiger partial charge in [-0.15, -0.1) is 0 Å². The Kier molecular flexibility index (Phi) is 3.47. The van der Waals surface area contributed by atoms with Crippen LogP contribution in [0.25, 0.3) is 0 Å². The average Bonchev–Trinajstić information content (AvgIpc) is 2.72. The maximum Gasteiger partial charge on any atom is 0.127 e. The van der Waals surface area contributed by atoms with Crippen molar-refractivity contribution in [2.75, 3.05) is 19.8 Å². The molecule has 1 atom stereocenters. The lowest BCUT2D eigenvalue weighted by molar-refractivity contribution is 0.0929. The molecular formula is C12H14ClFO2. The Bertz CT molecular complexity index is 375. The molecule has 1 saturated heterocycles. The van der Waals surface area contributed by atoms with Crippen LogP contribution in [0.3, 0.4) is 0 Å². The SMILES string of the molecule is OCC1(Cc2ccc(Cl)cc2F)CCOC1. The second-order valence-electron chi connectivity index (χ2n) is 4.37. The van der Waals surface area contributed by atoms with E-state index in [0.717, 1.165) is 6.42 Å². The van der Waals surface area contributed by atoms with Crippen molar-refractivity contribution in [3.63, 3.8) is 0 Å². The van der Waals surface area contributed by atoms with Crippen LogP contribution in [0.5, 0.6) is 0 Å². The van der Waals surface area contributed by atoms with E-state index < -0.39 is 0 Å². The molecule has 2 rings (SSSR count). The van der Waals surface area contributed by atoms with Gasteiger partial charge in [0.1, 0.15) is 5.82 Å². The lowest BCUT2D eigenvalue weighted by Crippen LogP contribution is -2.28. The summed E-state index contributed by atoms with van der Waals surface area (Å²) < 4.78 is 18.9. The van der Waals surface area contributed by atoms with Crippen LogP contribution in [-0.4, -0.2) is 24.9 Å². The number of aliphatic hydroxyl groups excluding tert-OH is 1. The zero-order chi connectivity index (χ0) is 11.6. The number of rotatable bonds is 3. The fourth-order valence-corrected chi connectivity index (χ4v) is 2.20. The summed E-state index contributed by atoms with van der Waals surface area (Å²) in [5.74, 6) is -0.313.